The second-order valence-corrected chi connectivity index (χ2v) is 2.81. The zero-order chi connectivity index (χ0) is 12.8. The van der Waals surface area contributed by atoms with Crippen LogP contribution in [0.1, 0.15) is 0 Å². The number of alkyl halides is 1. The Bertz CT molecular complexity index is 523. The van der Waals surface area contributed by atoms with E-state index < -0.39 is 30.5 Å². The molecule has 0 radical (unpaired) electrons. The van der Waals surface area contributed by atoms with E-state index in [1.807, 2.05) is 10.3 Å². The molecular weight excluding hydrogens is 237 g/mol. The number of carbonyl (C=O) groups excluding carboxylic acids is 1. The van der Waals surface area contributed by atoms with Crippen LogP contribution in [-0.4, -0.2) is 34.2 Å². The Hall–Kier alpha value is -2.52. The summed E-state index contributed by atoms with van der Waals surface area (Å²) in [6, 6.07) is -1.07. The second-order valence-electron chi connectivity index (χ2n) is 2.81. The summed E-state index contributed by atoms with van der Waals surface area (Å²) in [6.45, 7) is -1.49. The standard InChI is InChI=1S/C7H8FN5O4/c8-1-2-13(12-17)7(16)10-4-3-9-6(15)11-5(4)14/h3H,1-2H2,(H,10,16)(H2,9,11,14,15). The highest BCUT2D eigenvalue weighted by atomic mass is 19.1. The van der Waals surface area contributed by atoms with Gasteiger partial charge in [0.2, 0.25) is 0 Å². The van der Waals surface area contributed by atoms with Crippen molar-refractivity contribution in [2.24, 2.45) is 5.29 Å². The molecule has 0 saturated heterocycles. The van der Waals surface area contributed by atoms with Crippen LogP contribution >= 0.6 is 0 Å². The van der Waals surface area contributed by atoms with E-state index in [2.05, 4.69) is 10.3 Å². The van der Waals surface area contributed by atoms with E-state index in [0.29, 0.717) is 0 Å². The van der Waals surface area contributed by atoms with Crippen molar-refractivity contribution in [3.05, 3.63) is 31.9 Å². The Morgan fingerprint density at radius 1 is 1.53 bits per heavy atom. The van der Waals surface area contributed by atoms with E-state index in [-0.39, 0.29) is 10.7 Å². The fourth-order valence-corrected chi connectivity index (χ4v) is 0.942. The monoisotopic (exact) mass is 245 g/mol. The van der Waals surface area contributed by atoms with Crippen LogP contribution in [0, 0.1) is 4.91 Å². The van der Waals surface area contributed by atoms with E-state index in [4.69, 9.17) is 0 Å². The SMILES string of the molecule is O=NN(CCF)C(=O)Nc1c[nH]c(=O)[nH]c1=O. The number of nitroso groups, excluding NO2 is 1. The third-order valence-corrected chi connectivity index (χ3v) is 1.69. The van der Waals surface area contributed by atoms with Crippen molar-refractivity contribution in [3.63, 3.8) is 0 Å². The fraction of sp³-hybridized carbons (Fsp3) is 0.286. The summed E-state index contributed by atoms with van der Waals surface area (Å²) in [6.07, 6.45) is 0.942. The fourth-order valence-electron chi connectivity index (χ4n) is 0.942. The van der Waals surface area contributed by atoms with Crippen LogP contribution in [0.25, 0.3) is 0 Å². The van der Waals surface area contributed by atoms with E-state index in [1.54, 1.807) is 0 Å². The number of aromatic nitrogens is 2. The summed E-state index contributed by atoms with van der Waals surface area (Å²) in [5.74, 6) is 0. The molecule has 0 aliphatic heterocycles. The molecule has 1 aromatic heterocycles. The molecular formula is C7H8FN5O4. The molecule has 17 heavy (non-hydrogen) atoms. The number of urea groups is 1. The highest BCUT2D eigenvalue weighted by molar-refractivity contribution is 5.88. The summed E-state index contributed by atoms with van der Waals surface area (Å²) in [5, 5.41) is 4.52. The molecule has 10 heteroatoms. The molecule has 0 aliphatic rings. The summed E-state index contributed by atoms with van der Waals surface area (Å²) < 4.78 is 11.9. The molecule has 1 heterocycles. The number of hydrogen-bond donors (Lipinski definition) is 3. The van der Waals surface area contributed by atoms with Crippen molar-refractivity contribution in [1.29, 1.82) is 0 Å². The first-order chi connectivity index (χ1) is 8.08. The molecule has 0 fully saturated rings. The van der Waals surface area contributed by atoms with E-state index in [0.717, 1.165) is 6.20 Å². The molecule has 0 bridgehead atoms. The van der Waals surface area contributed by atoms with Gasteiger partial charge in [0.05, 0.1) is 11.8 Å². The van der Waals surface area contributed by atoms with E-state index >= 15 is 0 Å². The Labute approximate surface area is 92.6 Å². The van der Waals surface area contributed by atoms with Crippen LogP contribution in [-0.2, 0) is 0 Å². The zero-order valence-electron chi connectivity index (χ0n) is 8.40. The van der Waals surface area contributed by atoms with Gasteiger partial charge in [-0.2, -0.15) is 5.01 Å². The van der Waals surface area contributed by atoms with E-state index in [1.165, 1.54) is 0 Å². The van der Waals surface area contributed by atoms with Gasteiger partial charge in [-0.3, -0.25) is 9.78 Å². The van der Waals surface area contributed by atoms with Gasteiger partial charge in [-0.15, -0.1) is 4.91 Å². The number of rotatable bonds is 4. The maximum atomic E-state index is 11.9. The van der Waals surface area contributed by atoms with Gasteiger partial charge >= 0.3 is 11.7 Å². The lowest BCUT2D eigenvalue weighted by Gasteiger charge is -2.11. The first kappa shape index (κ1) is 12.5. The highest BCUT2D eigenvalue weighted by Gasteiger charge is 2.15. The number of hydrogen-bond acceptors (Lipinski definition) is 5. The predicted octanol–water partition coefficient (Wildman–Crippen LogP) is -0.452. The lowest BCUT2D eigenvalue weighted by atomic mass is 10.5. The van der Waals surface area contributed by atoms with Crippen molar-refractivity contribution in [3.8, 4) is 0 Å². The number of H-pyrrole nitrogens is 2. The number of nitrogens with one attached hydrogen (secondary N) is 3. The van der Waals surface area contributed by atoms with Crippen LogP contribution in [0.5, 0.6) is 0 Å². The Kier molecular flexibility index (Phi) is 4.08. The van der Waals surface area contributed by atoms with Gasteiger partial charge < -0.3 is 10.3 Å². The number of aromatic amines is 2. The normalized spacial score (nSPS) is 9.71. The first-order valence-corrected chi connectivity index (χ1v) is 4.38. The molecule has 92 valence electrons. The Morgan fingerprint density at radius 3 is 2.76 bits per heavy atom. The van der Waals surface area contributed by atoms with Crippen molar-refractivity contribution in [1.82, 2.24) is 15.0 Å². The number of halogens is 1. The van der Waals surface area contributed by atoms with Crippen molar-refractivity contribution in [2.75, 3.05) is 18.5 Å². The van der Waals surface area contributed by atoms with Gasteiger partial charge in [-0.1, -0.05) is 0 Å². The third kappa shape index (κ3) is 3.22. The van der Waals surface area contributed by atoms with Gasteiger partial charge in [0.1, 0.15) is 12.4 Å². The molecule has 0 saturated carbocycles. The lowest BCUT2D eigenvalue weighted by molar-refractivity contribution is 0.208. The number of anilines is 1. The van der Waals surface area contributed by atoms with Gasteiger partial charge in [-0.25, -0.2) is 14.0 Å². The zero-order valence-corrected chi connectivity index (χ0v) is 8.40. The molecule has 9 nitrogen and oxygen atoms in total. The topological polar surface area (TPSA) is 127 Å². The van der Waals surface area contributed by atoms with Crippen LogP contribution in [0.4, 0.5) is 14.9 Å². The molecule has 3 N–H and O–H groups in total. The van der Waals surface area contributed by atoms with Gasteiger partial charge in [-0.05, 0) is 0 Å². The quantitative estimate of drug-likeness (QED) is 0.490. The van der Waals surface area contributed by atoms with Crippen molar-refractivity contribution >= 4 is 11.7 Å². The summed E-state index contributed by atoms with van der Waals surface area (Å²) >= 11 is 0. The minimum Gasteiger partial charge on any atom is -0.312 e. The molecule has 0 atom stereocenters. The number of amides is 2. The summed E-state index contributed by atoms with van der Waals surface area (Å²) in [4.78, 5) is 47.2. The van der Waals surface area contributed by atoms with Crippen LogP contribution in [0.3, 0.4) is 0 Å². The largest absolute Gasteiger partial charge is 0.345 e. The Balaban J connectivity index is 2.83. The second kappa shape index (κ2) is 5.53. The van der Waals surface area contributed by atoms with Gasteiger partial charge in [0.15, 0.2) is 0 Å². The van der Waals surface area contributed by atoms with Gasteiger partial charge in [0, 0.05) is 6.20 Å². The smallest absolute Gasteiger partial charge is 0.312 e. The van der Waals surface area contributed by atoms with Crippen molar-refractivity contribution in [2.45, 2.75) is 0 Å². The highest BCUT2D eigenvalue weighted by Crippen LogP contribution is 1.98. The maximum absolute atomic E-state index is 11.9. The minimum absolute atomic E-state index is 0.268. The summed E-state index contributed by atoms with van der Waals surface area (Å²) in [5.41, 5.74) is -1.89. The number of carbonyl (C=O) groups is 1. The predicted molar refractivity (Wildman–Crippen MR) is 55.2 cm³/mol. The molecule has 2 amide bonds. The minimum atomic E-state index is -1.07. The maximum Gasteiger partial charge on any atom is 0.345 e. The van der Waals surface area contributed by atoms with Gasteiger partial charge in [0.25, 0.3) is 5.56 Å². The van der Waals surface area contributed by atoms with Crippen molar-refractivity contribution < 1.29 is 9.18 Å². The first-order valence-electron chi connectivity index (χ1n) is 4.38. The molecule has 0 spiro atoms. The lowest BCUT2D eigenvalue weighted by Crippen LogP contribution is -2.34. The average molecular weight is 245 g/mol. The summed E-state index contributed by atoms with van der Waals surface area (Å²) in [7, 11) is 0. The molecule has 0 unspecified atom stereocenters. The third-order valence-electron chi connectivity index (χ3n) is 1.69. The molecule has 1 aromatic rings. The molecule has 0 aromatic carbocycles. The van der Waals surface area contributed by atoms with Crippen LogP contribution < -0.4 is 16.6 Å². The number of nitrogens with zero attached hydrogens (tertiary/aromatic N) is 2. The van der Waals surface area contributed by atoms with E-state index in [9.17, 15) is 23.7 Å². The Morgan fingerprint density at radius 2 is 2.24 bits per heavy atom. The van der Waals surface area contributed by atoms with Crippen LogP contribution in [0.15, 0.2) is 21.1 Å². The molecule has 0 aliphatic carbocycles. The molecule has 1 rings (SSSR count). The average Bonchev–Trinajstić information content (AvgIpc) is 2.29. The van der Waals surface area contributed by atoms with Crippen LogP contribution in [0.2, 0.25) is 0 Å².